The lowest BCUT2D eigenvalue weighted by Crippen LogP contribution is -1.94. The largest absolute Gasteiger partial charge is 0.497 e. The highest BCUT2D eigenvalue weighted by Crippen LogP contribution is 2.19. The molecule has 96 valence electrons. The van der Waals surface area contributed by atoms with Crippen LogP contribution in [0.5, 0.6) is 5.75 Å². The number of rotatable bonds is 4. The number of methoxy groups -OCH3 is 1. The van der Waals surface area contributed by atoms with Crippen LogP contribution in [0.2, 0.25) is 0 Å². The Hall–Kier alpha value is -2.35. The first-order valence-corrected chi connectivity index (χ1v) is 6.12. The van der Waals surface area contributed by atoms with Gasteiger partial charge in [-0.25, -0.2) is 0 Å². The average Bonchev–Trinajstić information content (AvgIpc) is 2.45. The van der Waals surface area contributed by atoms with E-state index >= 15 is 0 Å². The van der Waals surface area contributed by atoms with E-state index in [0.29, 0.717) is 11.3 Å². The minimum atomic E-state index is 0.0354. The van der Waals surface area contributed by atoms with Gasteiger partial charge in [0.25, 0.3) is 0 Å². The van der Waals surface area contributed by atoms with Gasteiger partial charge >= 0.3 is 0 Å². The number of ketones is 1. The summed E-state index contributed by atoms with van der Waals surface area (Å²) in [5.41, 5.74) is 2.73. The fraction of sp³-hybridized carbons (Fsp3) is 0.118. The molecule has 0 unspecified atom stereocenters. The molecule has 0 aliphatic carbocycles. The Kier molecular flexibility index (Phi) is 4.14. The van der Waals surface area contributed by atoms with Crippen molar-refractivity contribution in [2.75, 3.05) is 7.11 Å². The van der Waals surface area contributed by atoms with E-state index in [9.17, 15) is 4.79 Å². The zero-order chi connectivity index (χ0) is 13.7. The van der Waals surface area contributed by atoms with E-state index in [-0.39, 0.29) is 5.78 Å². The summed E-state index contributed by atoms with van der Waals surface area (Å²) < 4.78 is 5.21. The van der Waals surface area contributed by atoms with Crippen LogP contribution in [0.1, 0.15) is 28.4 Å². The smallest absolute Gasteiger partial charge is 0.159 e. The number of ether oxygens (including phenoxy) is 1. The molecule has 19 heavy (non-hydrogen) atoms. The Bertz CT molecular complexity index is 598. The lowest BCUT2D eigenvalue weighted by Gasteiger charge is -2.04. The molecule has 2 rings (SSSR count). The van der Waals surface area contributed by atoms with Gasteiger partial charge < -0.3 is 4.74 Å². The van der Waals surface area contributed by atoms with Gasteiger partial charge in [0.1, 0.15) is 5.75 Å². The predicted octanol–water partition coefficient (Wildman–Crippen LogP) is 4.07. The summed E-state index contributed by atoms with van der Waals surface area (Å²) >= 11 is 0. The molecule has 0 spiro atoms. The van der Waals surface area contributed by atoms with Crippen molar-refractivity contribution in [3.63, 3.8) is 0 Å². The second-order valence-corrected chi connectivity index (χ2v) is 4.30. The molecule has 0 heterocycles. The van der Waals surface area contributed by atoms with Crippen molar-refractivity contribution < 1.29 is 9.53 Å². The van der Waals surface area contributed by atoms with Crippen molar-refractivity contribution in [2.24, 2.45) is 0 Å². The monoisotopic (exact) mass is 252 g/mol. The highest BCUT2D eigenvalue weighted by Gasteiger charge is 2.03. The van der Waals surface area contributed by atoms with Gasteiger partial charge in [0.15, 0.2) is 5.78 Å². The molecule has 0 bridgehead atoms. The van der Waals surface area contributed by atoms with E-state index in [4.69, 9.17) is 4.74 Å². The van der Waals surface area contributed by atoms with Crippen LogP contribution in [-0.4, -0.2) is 12.9 Å². The maximum atomic E-state index is 11.5. The third-order valence-corrected chi connectivity index (χ3v) is 2.84. The predicted molar refractivity (Wildman–Crippen MR) is 78.4 cm³/mol. The second kappa shape index (κ2) is 6.01. The molecular weight excluding hydrogens is 236 g/mol. The number of benzene rings is 2. The number of Topliss-reactive ketones (excluding diaryl/α,β-unsaturated/α-hetero) is 1. The Morgan fingerprint density at radius 3 is 2.32 bits per heavy atom. The van der Waals surface area contributed by atoms with E-state index < -0.39 is 0 Å². The average molecular weight is 252 g/mol. The minimum absolute atomic E-state index is 0.0354. The van der Waals surface area contributed by atoms with Crippen molar-refractivity contribution in [1.29, 1.82) is 0 Å². The van der Waals surface area contributed by atoms with Crippen molar-refractivity contribution in [3.05, 3.63) is 65.2 Å². The molecule has 0 atom stereocenters. The fourth-order valence-corrected chi connectivity index (χ4v) is 1.80. The first-order chi connectivity index (χ1) is 9.19. The summed E-state index contributed by atoms with van der Waals surface area (Å²) in [6, 6.07) is 15.6. The van der Waals surface area contributed by atoms with E-state index in [2.05, 4.69) is 0 Å². The van der Waals surface area contributed by atoms with Gasteiger partial charge in [-0.15, -0.1) is 0 Å². The summed E-state index contributed by atoms with van der Waals surface area (Å²) in [5.74, 6) is 0.730. The maximum Gasteiger partial charge on any atom is 0.159 e. The standard InChI is InChI=1S/C17H16O2/c1-13(18)16-10-15(11-17(12-16)19-2)9-8-14-6-4-3-5-7-14/h3-12H,1-2H3/b9-8+. The van der Waals surface area contributed by atoms with Crippen molar-refractivity contribution in [3.8, 4) is 5.75 Å². The Morgan fingerprint density at radius 1 is 1.00 bits per heavy atom. The van der Waals surface area contributed by atoms with Crippen LogP contribution in [0, 0.1) is 0 Å². The molecule has 0 N–H and O–H groups in total. The van der Waals surface area contributed by atoms with Crippen molar-refractivity contribution >= 4 is 17.9 Å². The molecule has 0 aliphatic rings. The summed E-state index contributed by atoms with van der Waals surface area (Å²) in [4.78, 5) is 11.5. The Morgan fingerprint density at radius 2 is 1.68 bits per heavy atom. The van der Waals surface area contributed by atoms with Gasteiger partial charge in [0.05, 0.1) is 7.11 Å². The summed E-state index contributed by atoms with van der Waals surface area (Å²) in [5, 5.41) is 0. The first kappa shape index (κ1) is 13.1. The lowest BCUT2D eigenvalue weighted by atomic mass is 10.1. The molecule has 2 nitrogen and oxygen atoms in total. The molecular formula is C17H16O2. The third-order valence-electron chi connectivity index (χ3n) is 2.84. The first-order valence-electron chi connectivity index (χ1n) is 6.12. The molecule has 0 radical (unpaired) electrons. The molecule has 2 aromatic carbocycles. The number of hydrogen-bond acceptors (Lipinski definition) is 2. The van der Waals surface area contributed by atoms with Gasteiger partial charge in [-0.3, -0.25) is 4.79 Å². The highest BCUT2D eigenvalue weighted by atomic mass is 16.5. The molecule has 0 aliphatic heterocycles. The van der Waals surface area contributed by atoms with Gasteiger partial charge in [-0.2, -0.15) is 0 Å². The molecule has 0 fully saturated rings. The third kappa shape index (κ3) is 3.55. The number of carbonyl (C=O) groups is 1. The molecule has 0 aromatic heterocycles. The van der Waals surface area contributed by atoms with Crippen LogP contribution < -0.4 is 4.74 Å². The second-order valence-electron chi connectivity index (χ2n) is 4.30. The molecule has 2 heteroatoms. The Labute approximate surface area is 113 Å². The van der Waals surface area contributed by atoms with Gasteiger partial charge in [0, 0.05) is 5.56 Å². The fourth-order valence-electron chi connectivity index (χ4n) is 1.80. The van der Waals surface area contributed by atoms with Gasteiger partial charge in [0.2, 0.25) is 0 Å². The molecule has 0 saturated heterocycles. The van der Waals surface area contributed by atoms with E-state index in [1.54, 1.807) is 20.1 Å². The summed E-state index contributed by atoms with van der Waals surface area (Å²) in [6.07, 6.45) is 3.99. The van der Waals surface area contributed by atoms with Crippen LogP contribution in [0.3, 0.4) is 0 Å². The lowest BCUT2D eigenvalue weighted by molar-refractivity contribution is 0.101. The summed E-state index contributed by atoms with van der Waals surface area (Å²) in [7, 11) is 1.60. The zero-order valence-corrected chi connectivity index (χ0v) is 11.1. The minimum Gasteiger partial charge on any atom is -0.497 e. The highest BCUT2D eigenvalue weighted by molar-refractivity contribution is 5.95. The Balaban J connectivity index is 2.32. The molecule has 2 aromatic rings. The SMILES string of the molecule is COc1cc(/C=C/c2ccccc2)cc(C(C)=O)c1. The van der Waals surface area contributed by atoms with Gasteiger partial charge in [-0.05, 0) is 36.2 Å². The van der Waals surface area contributed by atoms with Crippen LogP contribution in [-0.2, 0) is 0 Å². The number of carbonyl (C=O) groups excluding carboxylic acids is 1. The van der Waals surface area contributed by atoms with Gasteiger partial charge in [-0.1, -0.05) is 42.5 Å². The van der Waals surface area contributed by atoms with Crippen molar-refractivity contribution in [2.45, 2.75) is 6.92 Å². The zero-order valence-electron chi connectivity index (χ0n) is 11.1. The molecule has 0 amide bonds. The maximum absolute atomic E-state index is 11.5. The number of hydrogen-bond donors (Lipinski definition) is 0. The van der Waals surface area contributed by atoms with Crippen molar-refractivity contribution in [1.82, 2.24) is 0 Å². The quantitative estimate of drug-likeness (QED) is 0.605. The van der Waals surface area contributed by atoms with Crippen LogP contribution in [0.25, 0.3) is 12.2 Å². The van der Waals surface area contributed by atoms with E-state index in [0.717, 1.165) is 11.1 Å². The van der Waals surface area contributed by atoms with Crippen LogP contribution in [0.4, 0.5) is 0 Å². The van der Waals surface area contributed by atoms with E-state index in [1.807, 2.05) is 54.6 Å². The molecule has 0 saturated carbocycles. The summed E-state index contributed by atoms with van der Waals surface area (Å²) in [6.45, 7) is 1.56. The normalized spacial score (nSPS) is 10.6. The van der Waals surface area contributed by atoms with E-state index in [1.165, 1.54) is 0 Å². The van der Waals surface area contributed by atoms with Crippen LogP contribution in [0.15, 0.2) is 48.5 Å². The van der Waals surface area contributed by atoms with Crippen LogP contribution >= 0.6 is 0 Å². The topological polar surface area (TPSA) is 26.3 Å².